The van der Waals surface area contributed by atoms with Gasteiger partial charge >= 0.3 is 0 Å². The zero-order valence-electron chi connectivity index (χ0n) is 11.0. The van der Waals surface area contributed by atoms with Gasteiger partial charge in [-0.25, -0.2) is 4.39 Å². The lowest BCUT2D eigenvalue weighted by Gasteiger charge is -2.18. The smallest absolute Gasteiger partial charge is 0.125 e. The van der Waals surface area contributed by atoms with Crippen LogP contribution in [0.1, 0.15) is 36.5 Å². The molecule has 1 atom stereocenters. The first kappa shape index (κ1) is 14.3. The van der Waals surface area contributed by atoms with Crippen LogP contribution in [0.15, 0.2) is 39.2 Å². The van der Waals surface area contributed by atoms with Gasteiger partial charge in [0.25, 0.3) is 0 Å². The third kappa shape index (κ3) is 3.45. The topological polar surface area (TPSA) is 25.2 Å². The van der Waals surface area contributed by atoms with Crippen LogP contribution in [0.25, 0.3) is 0 Å². The molecule has 1 aromatic heterocycles. The third-order valence-corrected chi connectivity index (χ3v) is 3.60. The van der Waals surface area contributed by atoms with E-state index in [-0.39, 0.29) is 11.9 Å². The van der Waals surface area contributed by atoms with Gasteiger partial charge in [0.1, 0.15) is 17.3 Å². The fourth-order valence-electron chi connectivity index (χ4n) is 2.00. The third-order valence-electron chi connectivity index (χ3n) is 2.92. The average molecular weight is 326 g/mol. The fourth-order valence-corrected chi connectivity index (χ4v) is 2.58. The van der Waals surface area contributed by atoms with Gasteiger partial charge < -0.3 is 9.73 Å². The van der Waals surface area contributed by atoms with Crippen molar-refractivity contribution >= 4 is 15.9 Å². The van der Waals surface area contributed by atoms with E-state index < -0.39 is 0 Å². The lowest BCUT2D eigenvalue weighted by atomic mass is 10.0. The van der Waals surface area contributed by atoms with Crippen molar-refractivity contribution in [3.8, 4) is 0 Å². The molecule has 0 fully saturated rings. The van der Waals surface area contributed by atoms with Crippen molar-refractivity contribution < 1.29 is 8.81 Å². The van der Waals surface area contributed by atoms with E-state index in [0.29, 0.717) is 0 Å². The molecular weight excluding hydrogens is 309 g/mol. The molecule has 2 rings (SSSR count). The van der Waals surface area contributed by atoms with Crippen molar-refractivity contribution in [2.24, 2.45) is 0 Å². The maximum absolute atomic E-state index is 13.2. The van der Waals surface area contributed by atoms with Crippen molar-refractivity contribution in [3.05, 3.63) is 57.7 Å². The number of furan rings is 1. The number of hydrogen-bond acceptors (Lipinski definition) is 2. The molecule has 4 heteroatoms. The van der Waals surface area contributed by atoms with Gasteiger partial charge in [-0.1, -0.05) is 28.9 Å². The molecule has 0 aliphatic rings. The van der Waals surface area contributed by atoms with Crippen LogP contribution in [0, 0.1) is 12.7 Å². The van der Waals surface area contributed by atoms with Gasteiger partial charge in [0.2, 0.25) is 0 Å². The molecule has 0 spiro atoms. The molecule has 1 unspecified atom stereocenters. The fraction of sp³-hybridized carbons (Fsp3) is 0.333. The predicted molar refractivity (Wildman–Crippen MR) is 77.7 cm³/mol. The van der Waals surface area contributed by atoms with E-state index in [1.165, 1.54) is 12.1 Å². The second kappa shape index (κ2) is 6.35. The molecule has 1 heterocycles. The van der Waals surface area contributed by atoms with Crippen LogP contribution < -0.4 is 5.32 Å². The number of rotatable bonds is 5. The van der Waals surface area contributed by atoms with Crippen molar-refractivity contribution in [3.63, 3.8) is 0 Å². The highest BCUT2D eigenvalue weighted by atomic mass is 79.9. The summed E-state index contributed by atoms with van der Waals surface area (Å²) in [4.78, 5) is 0. The average Bonchev–Trinajstić information content (AvgIpc) is 2.78. The summed E-state index contributed by atoms with van der Waals surface area (Å²) in [5.74, 6) is 1.47. The summed E-state index contributed by atoms with van der Waals surface area (Å²) >= 11 is 3.42. The molecule has 2 nitrogen and oxygen atoms in total. The lowest BCUT2D eigenvalue weighted by molar-refractivity contribution is 0.429. The minimum absolute atomic E-state index is 0.0661. The van der Waals surface area contributed by atoms with Crippen LogP contribution in [-0.2, 0) is 0 Å². The van der Waals surface area contributed by atoms with Gasteiger partial charge in [0, 0.05) is 4.47 Å². The second-order valence-electron chi connectivity index (χ2n) is 4.50. The molecule has 1 N–H and O–H groups in total. The Labute approximate surface area is 121 Å². The van der Waals surface area contributed by atoms with Crippen molar-refractivity contribution in [2.75, 3.05) is 6.54 Å². The maximum Gasteiger partial charge on any atom is 0.125 e. The number of halogens is 2. The first-order valence-corrected chi connectivity index (χ1v) is 7.15. The largest absolute Gasteiger partial charge is 0.464 e. The Balaban J connectivity index is 2.36. The van der Waals surface area contributed by atoms with E-state index in [2.05, 4.69) is 28.2 Å². The van der Waals surface area contributed by atoms with E-state index in [0.717, 1.165) is 34.5 Å². The summed E-state index contributed by atoms with van der Waals surface area (Å²) in [6.45, 7) is 4.89. The SMILES string of the molecule is CCCNC(c1ccc(C)o1)c1ccc(F)cc1Br. The van der Waals surface area contributed by atoms with Crippen molar-refractivity contribution in [2.45, 2.75) is 26.3 Å². The highest BCUT2D eigenvalue weighted by Gasteiger charge is 2.19. The number of nitrogens with one attached hydrogen (secondary N) is 1. The summed E-state index contributed by atoms with van der Waals surface area (Å²) in [6.07, 6.45) is 1.02. The van der Waals surface area contributed by atoms with E-state index in [1.807, 2.05) is 19.1 Å². The number of aryl methyl sites for hydroxylation is 1. The van der Waals surface area contributed by atoms with Gasteiger partial charge in [-0.2, -0.15) is 0 Å². The van der Waals surface area contributed by atoms with Gasteiger partial charge in [0.05, 0.1) is 6.04 Å². The van der Waals surface area contributed by atoms with Gasteiger partial charge in [-0.3, -0.25) is 0 Å². The van der Waals surface area contributed by atoms with Gasteiger partial charge in [-0.05, 0) is 49.7 Å². The Morgan fingerprint density at radius 2 is 2.11 bits per heavy atom. The summed E-state index contributed by atoms with van der Waals surface area (Å²) in [6, 6.07) is 8.56. The Morgan fingerprint density at radius 3 is 2.68 bits per heavy atom. The van der Waals surface area contributed by atoms with E-state index in [9.17, 15) is 4.39 Å². The maximum atomic E-state index is 13.2. The molecule has 2 aromatic rings. The zero-order valence-corrected chi connectivity index (χ0v) is 12.6. The quantitative estimate of drug-likeness (QED) is 0.870. The molecule has 0 aliphatic heterocycles. The van der Waals surface area contributed by atoms with Crippen LogP contribution in [0.2, 0.25) is 0 Å². The normalized spacial score (nSPS) is 12.6. The number of hydrogen-bond donors (Lipinski definition) is 1. The molecule has 19 heavy (non-hydrogen) atoms. The second-order valence-corrected chi connectivity index (χ2v) is 5.36. The zero-order chi connectivity index (χ0) is 13.8. The molecule has 0 saturated heterocycles. The summed E-state index contributed by atoms with van der Waals surface area (Å²) in [5.41, 5.74) is 0.976. The minimum Gasteiger partial charge on any atom is -0.464 e. The van der Waals surface area contributed by atoms with Crippen LogP contribution in [0.4, 0.5) is 4.39 Å². The summed E-state index contributed by atoms with van der Waals surface area (Å²) in [5, 5.41) is 3.43. The van der Waals surface area contributed by atoms with Gasteiger partial charge in [0.15, 0.2) is 0 Å². The van der Waals surface area contributed by atoms with Crippen LogP contribution >= 0.6 is 15.9 Å². The van der Waals surface area contributed by atoms with E-state index in [4.69, 9.17) is 4.42 Å². The predicted octanol–water partition coefficient (Wildman–Crippen LogP) is 4.58. The standard InChI is InChI=1S/C15H17BrFNO/c1-3-8-18-15(14-7-4-10(2)19-14)12-6-5-11(17)9-13(12)16/h4-7,9,15,18H,3,8H2,1-2H3. The van der Waals surface area contributed by atoms with Crippen LogP contribution in [0.5, 0.6) is 0 Å². The Bertz CT molecular complexity index is 553. The highest BCUT2D eigenvalue weighted by molar-refractivity contribution is 9.10. The first-order chi connectivity index (χ1) is 9.11. The van der Waals surface area contributed by atoms with Gasteiger partial charge in [-0.15, -0.1) is 0 Å². The molecule has 0 amide bonds. The Morgan fingerprint density at radius 1 is 1.32 bits per heavy atom. The Hall–Kier alpha value is -1.13. The molecule has 0 saturated carbocycles. The molecule has 0 radical (unpaired) electrons. The van der Waals surface area contributed by atoms with E-state index in [1.54, 1.807) is 6.07 Å². The minimum atomic E-state index is -0.250. The van der Waals surface area contributed by atoms with Crippen molar-refractivity contribution in [1.29, 1.82) is 0 Å². The first-order valence-electron chi connectivity index (χ1n) is 6.36. The Kier molecular flexibility index (Phi) is 4.77. The molecular formula is C15H17BrFNO. The monoisotopic (exact) mass is 325 g/mol. The molecule has 102 valence electrons. The van der Waals surface area contributed by atoms with Crippen LogP contribution in [-0.4, -0.2) is 6.54 Å². The number of benzene rings is 1. The van der Waals surface area contributed by atoms with E-state index >= 15 is 0 Å². The lowest BCUT2D eigenvalue weighted by Crippen LogP contribution is -2.23. The molecule has 0 bridgehead atoms. The summed E-state index contributed by atoms with van der Waals surface area (Å²) < 4.78 is 19.6. The highest BCUT2D eigenvalue weighted by Crippen LogP contribution is 2.30. The molecule has 1 aromatic carbocycles. The molecule has 0 aliphatic carbocycles. The summed E-state index contributed by atoms with van der Waals surface area (Å²) in [7, 11) is 0. The van der Waals surface area contributed by atoms with Crippen molar-refractivity contribution in [1.82, 2.24) is 5.32 Å². The van der Waals surface area contributed by atoms with Crippen LogP contribution in [0.3, 0.4) is 0 Å².